The summed E-state index contributed by atoms with van der Waals surface area (Å²) >= 11 is 11.8. The Kier molecular flexibility index (Phi) is 6.40. The SMILES string of the molecule is CC(c1ccc(S(C)(=O)=O)cc1)N(C)S(=O)(=O)Cc1ccc(Cl)c(Cl)c1. The summed E-state index contributed by atoms with van der Waals surface area (Å²) < 4.78 is 49.7. The summed E-state index contributed by atoms with van der Waals surface area (Å²) in [6.07, 6.45) is 1.12. The molecule has 0 N–H and O–H groups in total. The fourth-order valence-corrected chi connectivity index (χ4v) is 4.75. The van der Waals surface area contributed by atoms with Crippen molar-refractivity contribution in [3.8, 4) is 0 Å². The predicted octanol–water partition coefficient (Wildman–Crippen LogP) is 3.92. The normalized spacial score (nSPS) is 13.8. The molecular weight excluding hydrogens is 417 g/mol. The first-order valence-electron chi connectivity index (χ1n) is 7.61. The highest BCUT2D eigenvalue weighted by atomic mass is 35.5. The Morgan fingerprint density at radius 2 is 1.54 bits per heavy atom. The van der Waals surface area contributed by atoms with Crippen LogP contribution in [-0.2, 0) is 25.6 Å². The van der Waals surface area contributed by atoms with Gasteiger partial charge in [-0.3, -0.25) is 0 Å². The molecule has 0 aliphatic heterocycles. The topological polar surface area (TPSA) is 71.5 Å². The highest BCUT2D eigenvalue weighted by molar-refractivity contribution is 7.90. The van der Waals surface area contributed by atoms with Crippen molar-refractivity contribution in [1.29, 1.82) is 0 Å². The van der Waals surface area contributed by atoms with Crippen LogP contribution < -0.4 is 0 Å². The molecule has 0 amide bonds. The molecule has 0 saturated heterocycles. The number of halogens is 2. The lowest BCUT2D eigenvalue weighted by molar-refractivity contribution is 0.397. The second-order valence-corrected chi connectivity index (χ2v) is 10.9. The van der Waals surface area contributed by atoms with E-state index >= 15 is 0 Å². The second kappa shape index (κ2) is 7.86. The average Bonchev–Trinajstić information content (AvgIpc) is 2.56. The van der Waals surface area contributed by atoms with Gasteiger partial charge in [-0.2, -0.15) is 4.31 Å². The Hall–Kier alpha value is -1.12. The third-order valence-electron chi connectivity index (χ3n) is 4.11. The molecule has 0 spiro atoms. The lowest BCUT2D eigenvalue weighted by Gasteiger charge is -2.25. The lowest BCUT2D eigenvalue weighted by Crippen LogP contribution is -2.30. The number of hydrogen-bond donors (Lipinski definition) is 0. The number of nitrogens with zero attached hydrogens (tertiary/aromatic N) is 1. The van der Waals surface area contributed by atoms with Gasteiger partial charge in [-0.25, -0.2) is 16.8 Å². The molecule has 142 valence electrons. The molecule has 0 aliphatic carbocycles. The third kappa shape index (κ3) is 4.98. The smallest absolute Gasteiger partial charge is 0.218 e. The molecular formula is C17H19Cl2NO4S2. The van der Waals surface area contributed by atoms with Crippen LogP contribution in [0, 0.1) is 0 Å². The van der Waals surface area contributed by atoms with Gasteiger partial charge in [-0.1, -0.05) is 41.4 Å². The summed E-state index contributed by atoms with van der Waals surface area (Å²) in [6.45, 7) is 1.74. The number of sulfone groups is 1. The first-order chi connectivity index (χ1) is 11.9. The lowest BCUT2D eigenvalue weighted by atomic mass is 10.1. The largest absolute Gasteiger partial charge is 0.224 e. The van der Waals surface area contributed by atoms with Crippen LogP contribution in [0.2, 0.25) is 10.0 Å². The van der Waals surface area contributed by atoms with E-state index in [0.29, 0.717) is 21.2 Å². The minimum Gasteiger partial charge on any atom is -0.224 e. The summed E-state index contributed by atoms with van der Waals surface area (Å²) in [5, 5.41) is 0.659. The van der Waals surface area contributed by atoms with E-state index in [1.165, 1.54) is 29.6 Å². The van der Waals surface area contributed by atoms with Crippen LogP contribution in [0.1, 0.15) is 24.1 Å². The molecule has 2 rings (SSSR count). The summed E-state index contributed by atoms with van der Waals surface area (Å²) in [5.41, 5.74) is 1.23. The van der Waals surface area contributed by atoms with Crippen molar-refractivity contribution in [1.82, 2.24) is 4.31 Å². The van der Waals surface area contributed by atoms with Crippen molar-refractivity contribution in [2.75, 3.05) is 13.3 Å². The maximum absolute atomic E-state index is 12.7. The quantitative estimate of drug-likeness (QED) is 0.688. The van der Waals surface area contributed by atoms with Gasteiger partial charge < -0.3 is 0 Å². The van der Waals surface area contributed by atoms with Crippen LogP contribution >= 0.6 is 23.2 Å². The molecule has 0 fully saturated rings. The van der Waals surface area contributed by atoms with E-state index < -0.39 is 25.9 Å². The van der Waals surface area contributed by atoms with E-state index in [2.05, 4.69) is 0 Å². The first kappa shape index (κ1) is 21.2. The van der Waals surface area contributed by atoms with Crippen LogP contribution in [0.25, 0.3) is 0 Å². The molecule has 2 aromatic carbocycles. The monoisotopic (exact) mass is 435 g/mol. The van der Waals surface area contributed by atoms with Crippen LogP contribution in [0.5, 0.6) is 0 Å². The highest BCUT2D eigenvalue weighted by Crippen LogP contribution is 2.27. The third-order valence-corrected chi connectivity index (χ3v) is 7.87. The maximum Gasteiger partial charge on any atom is 0.218 e. The van der Waals surface area contributed by atoms with E-state index in [0.717, 1.165) is 6.26 Å². The molecule has 0 saturated carbocycles. The Bertz CT molecular complexity index is 1000. The molecule has 5 nitrogen and oxygen atoms in total. The zero-order valence-corrected chi connectivity index (χ0v) is 17.6. The molecule has 0 aliphatic rings. The average molecular weight is 436 g/mol. The first-order valence-corrected chi connectivity index (χ1v) is 11.9. The van der Waals surface area contributed by atoms with Gasteiger partial charge in [0.15, 0.2) is 9.84 Å². The standard InChI is InChI=1S/C17H19Cl2NO4S2/c1-12(14-5-7-15(8-6-14)25(3,21)22)20(2)26(23,24)11-13-4-9-16(18)17(19)10-13/h4-10,12H,11H2,1-3H3. The van der Waals surface area contributed by atoms with E-state index in [1.807, 2.05) is 0 Å². The fourth-order valence-electron chi connectivity index (χ4n) is 2.39. The number of benzene rings is 2. The van der Waals surface area contributed by atoms with Crippen molar-refractivity contribution in [2.24, 2.45) is 0 Å². The molecule has 1 unspecified atom stereocenters. The fraction of sp³-hybridized carbons (Fsp3) is 0.294. The van der Waals surface area contributed by atoms with Gasteiger partial charge in [0.05, 0.1) is 20.7 Å². The van der Waals surface area contributed by atoms with Crippen molar-refractivity contribution < 1.29 is 16.8 Å². The van der Waals surface area contributed by atoms with Gasteiger partial charge in [0, 0.05) is 19.3 Å². The zero-order valence-electron chi connectivity index (χ0n) is 14.5. The van der Waals surface area contributed by atoms with Gasteiger partial charge in [-0.15, -0.1) is 0 Å². The number of rotatable bonds is 6. The molecule has 2 aromatic rings. The van der Waals surface area contributed by atoms with Crippen molar-refractivity contribution in [3.05, 3.63) is 63.6 Å². The molecule has 0 bridgehead atoms. The highest BCUT2D eigenvalue weighted by Gasteiger charge is 2.25. The second-order valence-electron chi connectivity index (χ2n) is 6.04. The molecule has 9 heteroatoms. The molecule has 26 heavy (non-hydrogen) atoms. The van der Waals surface area contributed by atoms with E-state index in [1.54, 1.807) is 31.2 Å². The van der Waals surface area contributed by atoms with Crippen molar-refractivity contribution in [2.45, 2.75) is 23.6 Å². The van der Waals surface area contributed by atoms with Crippen LogP contribution in [0.4, 0.5) is 0 Å². The summed E-state index contributed by atoms with van der Waals surface area (Å²) in [6, 6.07) is 10.4. The summed E-state index contributed by atoms with van der Waals surface area (Å²) in [7, 11) is -5.42. The minimum atomic E-state index is -3.62. The Labute approximate surface area is 164 Å². The zero-order chi connectivity index (χ0) is 19.7. The Balaban J connectivity index is 2.22. The van der Waals surface area contributed by atoms with E-state index in [4.69, 9.17) is 23.2 Å². The van der Waals surface area contributed by atoms with E-state index in [9.17, 15) is 16.8 Å². The molecule has 1 atom stereocenters. The van der Waals surface area contributed by atoms with Crippen LogP contribution in [0.3, 0.4) is 0 Å². The Morgan fingerprint density at radius 1 is 0.962 bits per heavy atom. The predicted molar refractivity (Wildman–Crippen MR) is 105 cm³/mol. The van der Waals surface area contributed by atoms with Gasteiger partial charge in [0.2, 0.25) is 10.0 Å². The van der Waals surface area contributed by atoms with Gasteiger partial charge >= 0.3 is 0 Å². The summed E-state index contributed by atoms with van der Waals surface area (Å²) in [5.74, 6) is -0.216. The maximum atomic E-state index is 12.7. The number of hydrogen-bond acceptors (Lipinski definition) is 4. The van der Waals surface area contributed by atoms with Crippen LogP contribution in [0.15, 0.2) is 47.4 Å². The van der Waals surface area contributed by atoms with Gasteiger partial charge in [0.1, 0.15) is 0 Å². The van der Waals surface area contributed by atoms with E-state index in [-0.39, 0.29) is 10.6 Å². The van der Waals surface area contributed by atoms with Gasteiger partial charge in [-0.05, 0) is 42.3 Å². The molecule has 0 aromatic heterocycles. The van der Waals surface area contributed by atoms with Crippen LogP contribution in [-0.4, -0.2) is 34.4 Å². The Morgan fingerprint density at radius 3 is 2.04 bits per heavy atom. The van der Waals surface area contributed by atoms with Crippen molar-refractivity contribution in [3.63, 3.8) is 0 Å². The van der Waals surface area contributed by atoms with Gasteiger partial charge in [0.25, 0.3) is 0 Å². The number of sulfonamides is 1. The molecule has 0 heterocycles. The van der Waals surface area contributed by atoms with Crippen molar-refractivity contribution >= 4 is 43.1 Å². The molecule has 0 radical (unpaired) electrons. The minimum absolute atomic E-state index is 0.190. The summed E-state index contributed by atoms with van der Waals surface area (Å²) in [4.78, 5) is 0.190.